The highest BCUT2D eigenvalue weighted by Crippen LogP contribution is 2.25. The molecular weight excluding hydrogens is 453 g/mol. The monoisotopic (exact) mass is 487 g/mol. The summed E-state index contributed by atoms with van der Waals surface area (Å²) in [5.74, 6) is 0.188. The van der Waals surface area contributed by atoms with Gasteiger partial charge in [-0.05, 0) is 74.1 Å². The molecule has 178 valence electrons. The van der Waals surface area contributed by atoms with Crippen LogP contribution in [0.3, 0.4) is 0 Å². The number of carbonyl (C=O) groups is 1. The van der Waals surface area contributed by atoms with E-state index < -0.39 is 0 Å². The Bertz CT molecular complexity index is 927. The van der Waals surface area contributed by atoms with Crippen molar-refractivity contribution in [2.24, 2.45) is 5.92 Å². The van der Waals surface area contributed by atoms with Crippen LogP contribution in [-0.4, -0.2) is 41.9 Å². The zero-order chi connectivity index (χ0) is 23.0. The normalized spacial score (nSPS) is 20.4. The van der Waals surface area contributed by atoms with E-state index in [1.807, 2.05) is 18.2 Å². The number of halogens is 2. The van der Waals surface area contributed by atoms with Crippen molar-refractivity contribution in [3.05, 3.63) is 69.2 Å². The lowest BCUT2D eigenvalue weighted by atomic mass is 9.96. The molecule has 4 nitrogen and oxygen atoms in total. The predicted octanol–water partition coefficient (Wildman–Crippen LogP) is 5.90. The minimum absolute atomic E-state index is 0.0294. The molecule has 0 bridgehead atoms. The maximum absolute atomic E-state index is 12.9. The number of piperidine rings is 1. The van der Waals surface area contributed by atoms with Crippen LogP contribution in [0.25, 0.3) is 0 Å². The van der Waals surface area contributed by atoms with Crippen molar-refractivity contribution < 1.29 is 4.79 Å². The Morgan fingerprint density at radius 2 is 1.52 bits per heavy atom. The minimum Gasteiger partial charge on any atom is -0.352 e. The fourth-order valence-corrected chi connectivity index (χ4v) is 5.35. The molecule has 2 saturated heterocycles. The molecule has 0 saturated carbocycles. The first-order chi connectivity index (χ1) is 16.1. The number of hydrogen-bond acceptors (Lipinski definition) is 3. The number of carbonyl (C=O) groups excluding carboxylic acids is 1. The molecule has 6 heteroatoms. The van der Waals surface area contributed by atoms with E-state index >= 15 is 0 Å². The molecule has 2 aromatic rings. The molecule has 1 N–H and O–H groups in total. The first-order valence-corrected chi connectivity index (χ1v) is 13.1. The fourth-order valence-electron chi connectivity index (χ4n) is 5.03. The molecule has 1 amide bonds. The zero-order valence-electron chi connectivity index (χ0n) is 19.4. The van der Waals surface area contributed by atoms with Crippen LogP contribution in [0.1, 0.15) is 55.2 Å². The average Bonchev–Trinajstić information content (AvgIpc) is 3.09. The lowest BCUT2D eigenvalue weighted by molar-refractivity contribution is -0.126. The summed E-state index contributed by atoms with van der Waals surface area (Å²) in [5, 5.41) is 4.35. The highest BCUT2D eigenvalue weighted by atomic mass is 35.5. The van der Waals surface area contributed by atoms with Gasteiger partial charge in [0.1, 0.15) is 0 Å². The van der Waals surface area contributed by atoms with Crippen molar-refractivity contribution in [1.29, 1.82) is 0 Å². The third kappa shape index (κ3) is 7.45. The number of rotatable bonds is 7. The van der Waals surface area contributed by atoms with E-state index in [-0.39, 0.29) is 11.8 Å². The van der Waals surface area contributed by atoms with Gasteiger partial charge in [-0.15, -0.1) is 0 Å². The van der Waals surface area contributed by atoms with Crippen molar-refractivity contribution in [2.75, 3.05) is 26.2 Å². The second-order valence-corrected chi connectivity index (χ2v) is 10.4. The average molecular weight is 489 g/mol. The minimum atomic E-state index is 0.0294. The molecule has 2 heterocycles. The van der Waals surface area contributed by atoms with E-state index in [2.05, 4.69) is 39.4 Å². The van der Waals surface area contributed by atoms with Crippen LogP contribution in [0.15, 0.2) is 42.5 Å². The molecule has 0 radical (unpaired) electrons. The summed E-state index contributed by atoms with van der Waals surface area (Å²) in [6.45, 7) is 6.57. The van der Waals surface area contributed by atoms with Crippen LogP contribution in [-0.2, 0) is 24.4 Å². The second kappa shape index (κ2) is 12.2. The molecule has 1 atom stereocenters. The van der Waals surface area contributed by atoms with Crippen molar-refractivity contribution in [3.63, 3.8) is 0 Å². The smallest absolute Gasteiger partial charge is 0.224 e. The largest absolute Gasteiger partial charge is 0.352 e. The van der Waals surface area contributed by atoms with Gasteiger partial charge in [0.15, 0.2) is 0 Å². The van der Waals surface area contributed by atoms with Gasteiger partial charge in [0.05, 0.1) is 16.0 Å². The SMILES string of the molecule is O=C(NCc1cccc(CN2CCCCCC2)c1)C1CCCN(Cc2ccc(Cl)c(Cl)c2)C1. The number of hydrogen-bond donors (Lipinski definition) is 1. The maximum atomic E-state index is 12.9. The van der Waals surface area contributed by atoms with Gasteiger partial charge in [-0.1, -0.05) is 66.4 Å². The lowest BCUT2D eigenvalue weighted by Crippen LogP contribution is -2.42. The van der Waals surface area contributed by atoms with Gasteiger partial charge >= 0.3 is 0 Å². The summed E-state index contributed by atoms with van der Waals surface area (Å²) < 4.78 is 0. The predicted molar refractivity (Wildman–Crippen MR) is 136 cm³/mol. The molecule has 2 aliphatic heterocycles. The third-order valence-corrected chi connectivity index (χ3v) is 7.57. The summed E-state index contributed by atoms with van der Waals surface area (Å²) in [6.07, 6.45) is 7.30. The maximum Gasteiger partial charge on any atom is 0.224 e. The van der Waals surface area contributed by atoms with Crippen LogP contribution in [0.2, 0.25) is 10.0 Å². The topological polar surface area (TPSA) is 35.6 Å². The molecule has 4 rings (SSSR count). The molecule has 0 aromatic heterocycles. The van der Waals surface area contributed by atoms with Crippen LogP contribution in [0.4, 0.5) is 0 Å². The Morgan fingerprint density at radius 1 is 0.818 bits per heavy atom. The van der Waals surface area contributed by atoms with E-state index in [1.165, 1.54) is 49.9 Å². The number of nitrogens with one attached hydrogen (secondary N) is 1. The van der Waals surface area contributed by atoms with Gasteiger partial charge in [-0.2, -0.15) is 0 Å². The summed E-state index contributed by atoms with van der Waals surface area (Å²) >= 11 is 12.2. The van der Waals surface area contributed by atoms with Crippen molar-refractivity contribution in [3.8, 4) is 0 Å². The molecule has 2 fully saturated rings. The molecule has 0 spiro atoms. The summed E-state index contributed by atoms with van der Waals surface area (Å²) in [5.41, 5.74) is 3.65. The van der Waals surface area contributed by atoms with Crippen molar-refractivity contribution in [1.82, 2.24) is 15.1 Å². The van der Waals surface area contributed by atoms with Crippen molar-refractivity contribution >= 4 is 29.1 Å². The number of amides is 1. The van der Waals surface area contributed by atoms with Gasteiger partial charge in [-0.3, -0.25) is 14.6 Å². The highest BCUT2D eigenvalue weighted by Gasteiger charge is 2.25. The van der Waals surface area contributed by atoms with E-state index in [4.69, 9.17) is 23.2 Å². The van der Waals surface area contributed by atoms with Crippen molar-refractivity contribution in [2.45, 2.75) is 58.2 Å². The quantitative estimate of drug-likeness (QED) is 0.527. The van der Waals surface area contributed by atoms with E-state index in [1.54, 1.807) is 0 Å². The first kappa shape index (κ1) is 24.5. The van der Waals surface area contributed by atoms with E-state index in [0.29, 0.717) is 16.6 Å². The Labute approximate surface area is 208 Å². The third-order valence-electron chi connectivity index (χ3n) is 6.83. The fraction of sp³-hybridized carbons (Fsp3) is 0.519. The van der Waals surface area contributed by atoms with Crippen LogP contribution >= 0.6 is 23.2 Å². The second-order valence-electron chi connectivity index (χ2n) is 9.55. The van der Waals surface area contributed by atoms with Gasteiger partial charge in [0.2, 0.25) is 5.91 Å². The van der Waals surface area contributed by atoms with Crippen LogP contribution in [0, 0.1) is 5.92 Å². The molecule has 2 aliphatic rings. The van der Waals surface area contributed by atoms with Gasteiger partial charge < -0.3 is 5.32 Å². The Morgan fingerprint density at radius 3 is 2.30 bits per heavy atom. The van der Waals surface area contributed by atoms with E-state index in [0.717, 1.165) is 44.6 Å². The van der Waals surface area contributed by atoms with Gasteiger partial charge in [0, 0.05) is 26.2 Å². The molecule has 1 unspecified atom stereocenters. The van der Waals surface area contributed by atoms with Gasteiger partial charge in [-0.25, -0.2) is 0 Å². The first-order valence-electron chi connectivity index (χ1n) is 12.3. The summed E-state index contributed by atoms with van der Waals surface area (Å²) in [6, 6.07) is 14.5. The lowest BCUT2D eigenvalue weighted by Gasteiger charge is -2.32. The Balaban J connectivity index is 1.27. The molecule has 0 aliphatic carbocycles. The highest BCUT2D eigenvalue weighted by molar-refractivity contribution is 6.42. The Kier molecular flexibility index (Phi) is 9.08. The van der Waals surface area contributed by atoms with Gasteiger partial charge in [0.25, 0.3) is 0 Å². The van der Waals surface area contributed by atoms with Crippen LogP contribution in [0.5, 0.6) is 0 Å². The summed E-state index contributed by atoms with van der Waals surface area (Å²) in [4.78, 5) is 17.8. The number of benzene rings is 2. The van der Waals surface area contributed by atoms with Crippen LogP contribution < -0.4 is 5.32 Å². The number of likely N-dealkylation sites (tertiary alicyclic amines) is 2. The zero-order valence-corrected chi connectivity index (χ0v) is 20.9. The van der Waals surface area contributed by atoms with E-state index in [9.17, 15) is 4.79 Å². The molecular formula is C27H35Cl2N3O. The standard InChI is InChI=1S/C27H35Cl2N3O/c28-25-11-10-23(16-26(25)29)19-32-14-6-9-24(20-32)27(33)30-17-21-7-5-8-22(15-21)18-31-12-3-1-2-4-13-31/h5,7-8,10-11,15-16,24H,1-4,6,9,12-14,17-20H2,(H,30,33). The summed E-state index contributed by atoms with van der Waals surface area (Å²) in [7, 11) is 0. The Hall–Kier alpha value is -1.59. The molecule has 33 heavy (non-hydrogen) atoms. The number of nitrogens with zero attached hydrogens (tertiary/aromatic N) is 2. The molecule has 2 aromatic carbocycles.